The molecule has 0 saturated heterocycles. The first-order valence-electron chi connectivity index (χ1n) is 9.57. The standard InChI is InChI=1S/C22H26N2O4/c1-15-3-5-17(6-4-15)23-22(26)24-18-7-9-20(10-8-18)28-21-13-11-19(12-14-21)27-16(2)25/h3-6,11-14,18,20H,7-10H2,1-2H3,(H2,23,24,26)/t18-,20-. The predicted octanol–water partition coefficient (Wildman–Crippen LogP) is 4.43. The molecular formula is C22H26N2O4. The molecule has 0 atom stereocenters. The summed E-state index contributed by atoms with van der Waals surface area (Å²) in [5.74, 6) is 0.919. The fraction of sp³-hybridized carbons (Fsp3) is 0.364. The summed E-state index contributed by atoms with van der Waals surface area (Å²) in [4.78, 5) is 23.1. The summed E-state index contributed by atoms with van der Waals surface area (Å²) >= 11 is 0. The normalized spacial score (nSPS) is 18.8. The number of nitrogens with one attached hydrogen (secondary N) is 2. The first kappa shape index (κ1) is 19.7. The maximum absolute atomic E-state index is 12.2. The van der Waals surface area contributed by atoms with E-state index in [1.807, 2.05) is 31.2 Å². The van der Waals surface area contributed by atoms with E-state index in [-0.39, 0.29) is 24.1 Å². The number of carbonyl (C=O) groups is 2. The maximum Gasteiger partial charge on any atom is 0.319 e. The van der Waals surface area contributed by atoms with Crippen molar-refractivity contribution in [2.75, 3.05) is 5.32 Å². The molecule has 0 aliphatic heterocycles. The van der Waals surface area contributed by atoms with Crippen LogP contribution in [0.2, 0.25) is 0 Å². The molecule has 0 heterocycles. The van der Waals surface area contributed by atoms with Gasteiger partial charge in [0, 0.05) is 18.7 Å². The van der Waals surface area contributed by atoms with Crippen molar-refractivity contribution in [3.63, 3.8) is 0 Å². The van der Waals surface area contributed by atoms with Crippen molar-refractivity contribution >= 4 is 17.7 Å². The number of amides is 2. The first-order valence-corrected chi connectivity index (χ1v) is 9.57. The number of anilines is 1. The molecule has 0 unspecified atom stereocenters. The number of hydrogen-bond acceptors (Lipinski definition) is 4. The van der Waals surface area contributed by atoms with Gasteiger partial charge in [-0.3, -0.25) is 4.79 Å². The Labute approximate surface area is 165 Å². The molecule has 2 aromatic carbocycles. The van der Waals surface area contributed by atoms with Gasteiger partial charge in [-0.15, -0.1) is 0 Å². The summed E-state index contributed by atoms with van der Waals surface area (Å²) in [6.07, 6.45) is 3.62. The number of ether oxygens (including phenoxy) is 2. The lowest BCUT2D eigenvalue weighted by Gasteiger charge is -2.29. The van der Waals surface area contributed by atoms with Crippen molar-refractivity contribution in [1.29, 1.82) is 0 Å². The van der Waals surface area contributed by atoms with Gasteiger partial charge in [-0.2, -0.15) is 0 Å². The van der Waals surface area contributed by atoms with Gasteiger partial charge in [0.2, 0.25) is 0 Å². The SMILES string of the molecule is CC(=O)Oc1ccc(O[C@H]2CC[C@H](NC(=O)Nc3ccc(C)cc3)CC2)cc1. The van der Waals surface area contributed by atoms with Crippen LogP contribution in [0.4, 0.5) is 10.5 Å². The van der Waals surface area contributed by atoms with Crippen LogP contribution in [-0.2, 0) is 4.79 Å². The average Bonchev–Trinajstić information content (AvgIpc) is 2.66. The Morgan fingerprint density at radius 1 is 0.893 bits per heavy atom. The van der Waals surface area contributed by atoms with Gasteiger partial charge in [-0.05, 0) is 69.0 Å². The summed E-state index contributed by atoms with van der Waals surface area (Å²) in [7, 11) is 0. The molecular weight excluding hydrogens is 356 g/mol. The predicted molar refractivity (Wildman–Crippen MR) is 108 cm³/mol. The molecule has 2 aromatic rings. The highest BCUT2D eigenvalue weighted by Crippen LogP contribution is 2.25. The highest BCUT2D eigenvalue weighted by atomic mass is 16.5. The third-order valence-corrected chi connectivity index (χ3v) is 4.71. The third kappa shape index (κ3) is 6.01. The highest BCUT2D eigenvalue weighted by Gasteiger charge is 2.23. The van der Waals surface area contributed by atoms with Crippen LogP contribution in [0.15, 0.2) is 48.5 Å². The zero-order valence-corrected chi connectivity index (χ0v) is 16.2. The van der Waals surface area contributed by atoms with Crippen molar-refractivity contribution in [1.82, 2.24) is 5.32 Å². The first-order chi connectivity index (χ1) is 13.5. The van der Waals surface area contributed by atoms with E-state index in [1.165, 1.54) is 6.92 Å². The molecule has 1 saturated carbocycles. The van der Waals surface area contributed by atoms with Crippen LogP contribution in [0, 0.1) is 6.92 Å². The second kappa shape index (κ2) is 9.26. The monoisotopic (exact) mass is 382 g/mol. The molecule has 0 aromatic heterocycles. The number of hydrogen-bond donors (Lipinski definition) is 2. The number of rotatable bonds is 5. The Balaban J connectivity index is 1.41. The zero-order valence-electron chi connectivity index (χ0n) is 16.2. The van der Waals surface area contributed by atoms with Crippen LogP contribution in [0.25, 0.3) is 0 Å². The fourth-order valence-corrected chi connectivity index (χ4v) is 3.26. The molecule has 3 rings (SSSR count). The van der Waals surface area contributed by atoms with Crippen LogP contribution < -0.4 is 20.1 Å². The number of esters is 1. The van der Waals surface area contributed by atoms with E-state index < -0.39 is 0 Å². The van der Waals surface area contributed by atoms with E-state index in [0.29, 0.717) is 5.75 Å². The van der Waals surface area contributed by atoms with Crippen LogP contribution in [0.5, 0.6) is 11.5 Å². The van der Waals surface area contributed by atoms with Gasteiger partial charge in [0.15, 0.2) is 0 Å². The highest BCUT2D eigenvalue weighted by molar-refractivity contribution is 5.89. The minimum Gasteiger partial charge on any atom is -0.490 e. The molecule has 28 heavy (non-hydrogen) atoms. The van der Waals surface area contributed by atoms with Crippen LogP contribution in [0.1, 0.15) is 38.2 Å². The average molecular weight is 382 g/mol. The van der Waals surface area contributed by atoms with Gasteiger partial charge in [0.25, 0.3) is 0 Å². The van der Waals surface area contributed by atoms with Gasteiger partial charge in [0.05, 0.1) is 6.10 Å². The molecule has 2 amide bonds. The van der Waals surface area contributed by atoms with Crippen molar-refractivity contribution in [3.05, 3.63) is 54.1 Å². The molecule has 0 spiro atoms. The summed E-state index contributed by atoms with van der Waals surface area (Å²) in [5.41, 5.74) is 1.95. The van der Waals surface area contributed by atoms with Crippen molar-refractivity contribution in [2.45, 2.75) is 51.7 Å². The van der Waals surface area contributed by atoms with Crippen molar-refractivity contribution < 1.29 is 19.1 Å². The number of urea groups is 1. The van der Waals surface area contributed by atoms with Crippen LogP contribution in [-0.4, -0.2) is 24.1 Å². The minimum absolute atomic E-state index is 0.123. The maximum atomic E-state index is 12.2. The zero-order chi connectivity index (χ0) is 19.9. The molecule has 148 valence electrons. The number of carbonyl (C=O) groups excluding carboxylic acids is 2. The quantitative estimate of drug-likeness (QED) is 0.592. The minimum atomic E-state index is -0.342. The van der Waals surface area contributed by atoms with E-state index in [2.05, 4.69) is 10.6 Å². The summed E-state index contributed by atoms with van der Waals surface area (Å²) in [6.45, 7) is 3.39. The van der Waals surface area contributed by atoms with E-state index in [4.69, 9.17) is 9.47 Å². The Kier molecular flexibility index (Phi) is 6.53. The molecule has 6 heteroatoms. The Hall–Kier alpha value is -3.02. The third-order valence-electron chi connectivity index (χ3n) is 4.71. The second-order valence-electron chi connectivity index (χ2n) is 7.12. The molecule has 1 aliphatic rings. The summed E-state index contributed by atoms with van der Waals surface area (Å²) in [6, 6.07) is 14.8. The fourth-order valence-electron chi connectivity index (χ4n) is 3.26. The molecule has 1 aliphatic carbocycles. The molecule has 2 N–H and O–H groups in total. The van der Waals surface area contributed by atoms with E-state index in [0.717, 1.165) is 42.7 Å². The topological polar surface area (TPSA) is 76.7 Å². The molecule has 0 radical (unpaired) electrons. The molecule has 6 nitrogen and oxygen atoms in total. The van der Waals surface area contributed by atoms with Gasteiger partial charge < -0.3 is 20.1 Å². The van der Waals surface area contributed by atoms with Crippen LogP contribution in [0.3, 0.4) is 0 Å². The van der Waals surface area contributed by atoms with E-state index in [1.54, 1.807) is 24.3 Å². The number of benzene rings is 2. The lowest BCUT2D eigenvalue weighted by atomic mass is 9.93. The van der Waals surface area contributed by atoms with E-state index >= 15 is 0 Å². The van der Waals surface area contributed by atoms with Crippen molar-refractivity contribution in [3.8, 4) is 11.5 Å². The van der Waals surface area contributed by atoms with Gasteiger partial charge >= 0.3 is 12.0 Å². The lowest BCUT2D eigenvalue weighted by Crippen LogP contribution is -2.41. The van der Waals surface area contributed by atoms with E-state index in [9.17, 15) is 9.59 Å². The summed E-state index contributed by atoms with van der Waals surface area (Å²) < 4.78 is 11.0. The molecule has 0 bridgehead atoms. The number of aryl methyl sites for hydroxylation is 1. The van der Waals surface area contributed by atoms with Crippen molar-refractivity contribution in [2.24, 2.45) is 0 Å². The Bertz CT molecular complexity index is 794. The Morgan fingerprint density at radius 2 is 1.50 bits per heavy atom. The largest absolute Gasteiger partial charge is 0.490 e. The lowest BCUT2D eigenvalue weighted by molar-refractivity contribution is -0.131. The smallest absolute Gasteiger partial charge is 0.319 e. The molecule has 1 fully saturated rings. The van der Waals surface area contributed by atoms with Gasteiger partial charge in [-0.1, -0.05) is 17.7 Å². The second-order valence-corrected chi connectivity index (χ2v) is 7.12. The summed E-state index contributed by atoms with van der Waals surface area (Å²) in [5, 5.41) is 5.91. The van der Waals surface area contributed by atoms with Gasteiger partial charge in [-0.25, -0.2) is 4.79 Å². The van der Waals surface area contributed by atoms with Gasteiger partial charge in [0.1, 0.15) is 11.5 Å². The van der Waals surface area contributed by atoms with Crippen LogP contribution >= 0.6 is 0 Å². The Morgan fingerprint density at radius 3 is 2.11 bits per heavy atom.